The Hall–Kier alpha value is -2.98. The van der Waals surface area contributed by atoms with Crippen molar-refractivity contribution in [2.75, 3.05) is 19.6 Å². The van der Waals surface area contributed by atoms with Crippen LogP contribution < -0.4 is 16.0 Å². The first-order chi connectivity index (χ1) is 15.1. The number of halogens is 1. The quantitative estimate of drug-likeness (QED) is 0.561. The van der Waals surface area contributed by atoms with Crippen LogP contribution in [-0.2, 0) is 33.9 Å². The van der Waals surface area contributed by atoms with Crippen molar-refractivity contribution in [3.8, 4) is 0 Å². The lowest BCUT2D eigenvalue weighted by Gasteiger charge is -2.37. The van der Waals surface area contributed by atoms with Gasteiger partial charge in [0, 0.05) is 39.0 Å². The summed E-state index contributed by atoms with van der Waals surface area (Å²) in [6.45, 7) is 2.12. The molecule has 11 heteroatoms. The molecular weight excluding hydrogens is 434 g/mol. The third kappa shape index (κ3) is 5.83. The van der Waals surface area contributed by atoms with E-state index in [2.05, 4.69) is 26.3 Å². The molecule has 1 aromatic carbocycles. The number of nitrogens with zero attached hydrogens (tertiary/aromatic N) is 4. The van der Waals surface area contributed by atoms with Gasteiger partial charge in [0.2, 0.25) is 17.7 Å². The number of nitrogens with one attached hydrogen (secondary N) is 3. The zero-order valence-electron chi connectivity index (χ0n) is 17.7. The molecule has 0 spiro atoms. The Morgan fingerprint density at radius 1 is 1.09 bits per heavy atom. The average molecular weight is 462 g/mol. The van der Waals surface area contributed by atoms with Crippen LogP contribution in [0.4, 0.5) is 0 Å². The maximum absolute atomic E-state index is 13.5. The number of amides is 3. The maximum Gasteiger partial charge on any atom is 0.246 e. The van der Waals surface area contributed by atoms with E-state index in [0.717, 1.165) is 5.56 Å². The summed E-state index contributed by atoms with van der Waals surface area (Å²) in [6, 6.07) is 8.19. The van der Waals surface area contributed by atoms with Crippen LogP contribution >= 0.6 is 12.4 Å². The number of hydrogen-bond acceptors (Lipinski definition) is 6. The molecule has 0 radical (unpaired) electrons. The van der Waals surface area contributed by atoms with Gasteiger partial charge >= 0.3 is 0 Å². The highest BCUT2D eigenvalue weighted by atomic mass is 35.5. The smallest absolute Gasteiger partial charge is 0.246 e. The Morgan fingerprint density at radius 2 is 1.91 bits per heavy atom. The van der Waals surface area contributed by atoms with Crippen molar-refractivity contribution in [2.24, 2.45) is 0 Å². The molecule has 2 aromatic rings. The molecule has 3 N–H and O–H groups in total. The van der Waals surface area contributed by atoms with Crippen LogP contribution in [0.25, 0.3) is 0 Å². The Morgan fingerprint density at radius 3 is 2.72 bits per heavy atom. The molecule has 2 aliphatic rings. The van der Waals surface area contributed by atoms with Crippen LogP contribution in [-0.4, -0.2) is 69.3 Å². The SMILES string of the molecule is Cl.O=C1CCCn2cc(nn2)CNC(=O)[C@H]2CNCCN2C(=O)[C@H](Cc2ccccc2)N1. The van der Waals surface area contributed by atoms with Gasteiger partial charge in [0.1, 0.15) is 17.8 Å². The monoisotopic (exact) mass is 461 g/mol. The van der Waals surface area contributed by atoms with E-state index in [9.17, 15) is 14.4 Å². The van der Waals surface area contributed by atoms with Crippen molar-refractivity contribution < 1.29 is 14.4 Å². The van der Waals surface area contributed by atoms with Crippen molar-refractivity contribution in [2.45, 2.75) is 44.4 Å². The number of hydrogen-bond donors (Lipinski definition) is 3. The molecule has 0 unspecified atom stereocenters. The van der Waals surface area contributed by atoms with Gasteiger partial charge in [-0.1, -0.05) is 35.5 Å². The number of piperazine rings is 1. The first-order valence-electron chi connectivity index (χ1n) is 10.6. The number of rotatable bonds is 2. The van der Waals surface area contributed by atoms with Gasteiger partial charge in [-0.05, 0) is 12.0 Å². The molecule has 1 saturated heterocycles. The number of benzene rings is 1. The predicted octanol–water partition coefficient (Wildman–Crippen LogP) is -0.362. The molecule has 2 bridgehead atoms. The summed E-state index contributed by atoms with van der Waals surface area (Å²) < 4.78 is 1.66. The fourth-order valence-electron chi connectivity index (χ4n) is 3.94. The highest BCUT2D eigenvalue weighted by Gasteiger charge is 2.36. The lowest BCUT2D eigenvalue weighted by molar-refractivity contribution is -0.144. The molecule has 1 fully saturated rings. The maximum atomic E-state index is 13.5. The summed E-state index contributed by atoms with van der Waals surface area (Å²) >= 11 is 0. The van der Waals surface area contributed by atoms with Crippen molar-refractivity contribution in [3.05, 3.63) is 47.8 Å². The molecule has 32 heavy (non-hydrogen) atoms. The highest BCUT2D eigenvalue weighted by Crippen LogP contribution is 2.12. The standard InChI is InChI=1S/C21H27N7O3.ClH/c29-19-7-4-9-27-14-16(25-26-27)12-23-20(30)18-13-22-8-10-28(18)21(31)17(24-19)11-15-5-2-1-3-6-15;/h1-3,5-6,14,17-18,22H,4,7-13H2,(H,23,30)(H,24,29);1H/t17-,18+;/m0./s1. The van der Waals surface area contributed by atoms with Crippen molar-refractivity contribution >= 4 is 30.1 Å². The molecule has 3 amide bonds. The van der Waals surface area contributed by atoms with E-state index in [-0.39, 0.29) is 43.1 Å². The van der Waals surface area contributed by atoms with E-state index in [4.69, 9.17) is 0 Å². The van der Waals surface area contributed by atoms with Gasteiger partial charge < -0.3 is 20.9 Å². The van der Waals surface area contributed by atoms with Crippen LogP contribution in [0, 0.1) is 0 Å². The van der Waals surface area contributed by atoms with Gasteiger partial charge in [-0.3, -0.25) is 19.1 Å². The van der Waals surface area contributed by atoms with Crippen molar-refractivity contribution in [1.29, 1.82) is 0 Å². The Balaban J connectivity index is 0.00000289. The second-order valence-electron chi connectivity index (χ2n) is 7.86. The van der Waals surface area contributed by atoms with Crippen molar-refractivity contribution in [1.82, 2.24) is 35.8 Å². The molecule has 3 heterocycles. The van der Waals surface area contributed by atoms with Gasteiger partial charge in [-0.25, -0.2) is 0 Å². The Labute approximate surface area is 192 Å². The summed E-state index contributed by atoms with van der Waals surface area (Å²) in [5.74, 6) is -0.687. The minimum absolute atomic E-state index is 0. The molecule has 0 aliphatic carbocycles. The highest BCUT2D eigenvalue weighted by molar-refractivity contribution is 5.92. The summed E-state index contributed by atoms with van der Waals surface area (Å²) in [5, 5.41) is 17.1. The molecule has 2 atom stereocenters. The van der Waals surface area contributed by atoms with Crippen LogP contribution in [0.5, 0.6) is 0 Å². The van der Waals surface area contributed by atoms with E-state index in [0.29, 0.717) is 44.7 Å². The first kappa shape index (κ1) is 23.7. The minimum Gasteiger partial charge on any atom is -0.348 e. The number of aromatic nitrogens is 3. The number of carbonyl (C=O) groups is 3. The fraction of sp³-hybridized carbons (Fsp3) is 0.476. The fourth-order valence-corrected chi connectivity index (χ4v) is 3.94. The van der Waals surface area contributed by atoms with Crippen LogP contribution in [0.15, 0.2) is 36.5 Å². The zero-order chi connectivity index (χ0) is 21.6. The number of aryl methyl sites for hydroxylation is 1. The second-order valence-corrected chi connectivity index (χ2v) is 7.86. The average Bonchev–Trinajstić information content (AvgIpc) is 3.24. The molecular formula is C21H28ClN7O3. The van der Waals surface area contributed by atoms with E-state index >= 15 is 0 Å². The lowest BCUT2D eigenvalue weighted by Crippen LogP contribution is -2.63. The van der Waals surface area contributed by atoms with E-state index in [1.165, 1.54) is 0 Å². The topological polar surface area (TPSA) is 121 Å². The normalized spacial score (nSPS) is 22.5. The van der Waals surface area contributed by atoms with E-state index in [1.807, 2.05) is 30.3 Å². The third-order valence-electron chi connectivity index (χ3n) is 5.57. The molecule has 1 aromatic heterocycles. The summed E-state index contributed by atoms with van der Waals surface area (Å²) in [6.07, 6.45) is 2.98. The summed E-state index contributed by atoms with van der Waals surface area (Å²) in [5.41, 5.74) is 1.58. The number of carbonyl (C=O) groups excluding carboxylic acids is 3. The van der Waals surface area contributed by atoms with Crippen LogP contribution in [0.2, 0.25) is 0 Å². The summed E-state index contributed by atoms with van der Waals surface area (Å²) in [4.78, 5) is 40.6. The summed E-state index contributed by atoms with van der Waals surface area (Å²) in [7, 11) is 0. The molecule has 172 valence electrons. The van der Waals surface area contributed by atoms with Crippen LogP contribution in [0.3, 0.4) is 0 Å². The van der Waals surface area contributed by atoms with Gasteiger partial charge in [0.25, 0.3) is 0 Å². The molecule has 2 aliphatic heterocycles. The Bertz CT molecular complexity index is 936. The zero-order valence-corrected chi connectivity index (χ0v) is 18.5. The van der Waals surface area contributed by atoms with Gasteiger partial charge in [-0.15, -0.1) is 17.5 Å². The first-order valence-corrected chi connectivity index (χ1v) is 10.6. The minimum atomic E-state index is -0.731. The van der Waals surface area contributed by atoms with Gasteiger partial charge in [0.15, 0.2) is 0 Å². The second kappa shape index (κ2) is 11.1. The Kier molecular flexibility index (Phi) is 8.18. The van der Waals surface area contributed by atoms with Gasteiger partial charge in [-0.2, -0.15) is 0 Å². The largest absolute Gasteiger partial charge is 0.348 e. The van der Waals surface area contributed by atoms with E-state index < -0.39 is 12.1 Å². The molecule has 4 rings (SSSR count). The van der Waals surface area contributed by atoms with Crippen molar-refractivity contribution in [3.63, 3.8) is 0 Å². The molecule has 0 saturated carbocycles. The lowest BCUT2D eigenvalue weighted by atomic mass is 10.0. The third-order valence-corrected chi connectivity index (χ3v) is 5.57. The number of fused-ring (bicyclic) bond motifs is 3. The predicted molar refractivity (Wildman–Crippen MR) is 119 cm³/mol. The van der Waals surface area contributed by atoms with E-state index in [1.54, 1.807) is 15.8 Å². The molecule has 10 nitrogen and oxygen atoms in total. The van der Waals surface area contributed by atoms with Crippen LogP contribution in [0.1, 0.15) is 24.1 Å². The van der Waals surface area contributed by atoms with Gasteiger partial charge in [0.05, 0.1) is 12.7 Å².